The van der Waals surface area contributed by atoms with Crippen LogP contribution in [0.4, 0.5) is 0 Å². The molecule has 0 spiro atoms. The number of ether oxygens (including phenoxy) is 2. The fourth-order valence-corrected chi connectivity index (χ4v) is 8.36. The van der Waals surface area contributed by atoms with Gasteiger partial charge in [-0.05, 0) is 124 Å². The molecular formula is C41H64O5Si2. The van der Waals surface area contributed by atoms with E-state index in [2.05, 4.69) is 73.7 Å². The first-order valence-electron chi connectivity index (χ1n) is 18.4. The van der Waals surface area contributed by atoms with Crippen molar-refractivity contribution in [1.29, 1.82) is 0 Å². The van der Waals surface area contributed by atoms with Crippen molar-refractivity contribution in [3.63, 3.8) is 0 Å². The van der Waals surface area contributed by atoms with Gasteiger partial charge in [-0.2, -0.15) is 0 Å². The van der Waals surface area contributed by atoms with Gasteiger partial charge in [0.1, 0.15) is 11.5 Å². The van der Waals surface area contributed by atoms with E-state index in [1.165, 1.54) is 0 Å². The molecule has 48 heavy (non-hydrogen) atoms. The standard InChI is InChI=1S/C41H64O5Si2/c1-12-41(42,33-17-25-37(26-18-33)45-35-21-13-31(14-22-35)29-43-47(8,9)39(2,3)4)34-19-27-38(28-20-34)46-36-23-15-32(16-24-36)30-44-48(10,11)40(5,6)7/h1,17-20,25-28,31-32,35-36,42H,13-16,21-24,29-30H2,2-11H3. The molecule has 4 rings (SSSR count). The predicted molar refractivity (Wildman–Crippen MR) is 204 cm³/mol. The first-order chi connectivity index (χ1) is 22.3. The van der Waals surface area contributed by atoms with E-state index in [4.69, 9.17) is 24.7 Å². The fraction of sp³-hybridized carbons (Fsp3) is 0.659. The van der Waals surface area contributed by atoms with E-state index in [1.807, 2.05) is 48.5 Å². The van der Waals surface area contributed by atoms with E-state index >= 15 is 0 Å². The summed E-state index contributed by atoms with van der Waals surface area (Å²) >= 11 is 0. The van der Waals surface area contributed by atoms with E-state index < -0.39 is 22.2 Å². The molecule has 0 atom stereocenters. The Hall–Kier alpha value is -2.09. The van der Waals surface area contributed by atoms with Crippen molar-refractivity contribution in [2.75, 3.05) is 13.2 Å². The monoisotopic (exact) mass is 692 g/mol. The topological polar surface area (TPSA) is 57.2 Å². The zero-order valence-electron chi connectivity index (χ0n) is 31.7. The van der Waals surface area contributed by atoms with Crippen molar-refractivity contribution in [2.45, 2.75) is 147 Å². The zero-order chi connectivity index (χ0) is 35.4. The highest BCUT2D eigenvalue weighted by Crippen LogP contribution is 2.40. The highest BCUT2D eigenvalue weighted by Gasteiger charge is 2.39. The molecule has 0 bridgehead atoms. The maximum absolute atomic E-state index is 11.6. The number of benzene rings is 2. The Morgan fingerprint density at radius 2 is 0.917 bits per heavy atom. The molecule has 0 aliphatic heterocycles. The quantitative estimate of drug-likeness (QED) is 0.177. The van der Waals surface area contributed by atoms with Crippen LogP contribution in [0.25, 0.3) is 0 Å². The second-order valence-corrected chi connectivity index (χ2v) is 27.2. The molecule has 0 saturated heterocycles. The first-order valence-corrected chi connectivity index (χ1v) is 24.2. The summed E-state index contributed by atoms with van der Waals surface area (Å²) in [7, 11) is -3.43. The van der Waals surface area contributed by atoms with E-state index in [-0.39, 0.29) is 22.3 Å². The number of hydrogen-bond acceptors (Lipinski definition) is 5. The van der Waals surface area contributed by atoms with Gasteiger partial charge in [0.05, 0.1) is 12.2 Å². The molecule has 2 aliphatic carbocycles. The van der Waals surface area contributed by atoms with Crippen molar-refractivity contribution < 1.29 is 23.4 Å². The van der Waals surface area contributed by atoms with Crippen LogP contribution in [0.1, 0.15) is 104 Å². The average Bonchev–Trinajstić information content (AvgIpc) is 3.03. The van der Waals surface area contributed by atoms with Gasteiger partial charge < -0.3 is 23.4 Å². The smallest absolute Gasteiger partial charge is 0.191 e. The van der Waals surface area contributed by atoms with Crippen LogP contribution in [-0.2, 0) is 14.5 Å². The Bertz CT molecular complexity index is 1240. The molecule has 2 aromatic carbocycles. The summed E-state index contributed by atoms with van der Waals surface area (Å²) in [6.45, 7) is 24.8. The van der Waals surface area contributed by atoms with Crippen LogP contribution in [0.2, 0.25) is 36.3 Å². The van der Waals surface area contributed by atoms with Crippen molar-refractivity contribution in [1.82, 2.24) is 0 Å². The first kappa shape index (κ1) is 38.7. The Morgan fingerprint density at radius 1 is 0.604 bits per heavy atom. The van der Waals surface area contributed by atoms with E-state index in [0.717, 1.165) is 76.1 Å². The minimum atomic E-state index is -1.72. The molecule has 5 nitrogen and oxygen atoms in total. The number of aliphatic hydroxyl groups is 1. The minimum Gasteiger partial charge on any atom is -0.490 e. The Balaban J connectivity index is 1.25. The van der Waals surface area contributed by atoms with Crippen LogP contribution in [-0.4, -0.2) is 47.2 Å². The molecule has 7 heteroatoms. The largest absolute Gasteiger partial charge is 0.490 e. The van der Waals surface area contributed by atoms with Gasteiger partial charge in [-0.3, -0.25) is 0 Å². The van der Waals surface area contributed by atoms with Gasteiger partial charge >= 0.3 is 0 Å². The highest BCUT2D eigenvalue weighted by atomic mass is 28.4. The van der Waals surface area contributed by atoms with Crippen LogP contribution < -0.4 is 9.47 Å². The highest BCUT2D eigenvalue weighted by molar-refractivity contribution is 6.74. The summed E-state index contributed by atoms with van der Waals surface area (Å²) in [5, 5.41) is 12.1. The van der Waals surface area contributed by atoms with E-state index in [9.17, 15) is 5.11 Å². The number of terminal acetylenes is 1. The maximum Gasteiger partial charge on any atom is 0.191 e. The lowest BCUT2D eigenvalue weighted by Gasteiger charge is -2.38. The van der Waals surface area contributed by atoms with Crippen molar-refractivity contribution in [3.8, 4) is 23.8 Å². The van der Waals surface area contributed by atoms with Crippen LogP contribution in [0.5, 0.6) is 11.5 Å². The maximum atomic E-state index is 11.6. The summed E-state index contributed by atoms with van der Waals surface area (Å²) in [5.41, 5.74) is -0.243. The third-order valence-corrected chi connectivity index (χ3v) is 20.9. The van der Waals surface area contributed by atoms with Gasteiger partial charge in [-0.1, -0.05) is 71.7 Å². The van der Waals surface area contributed by atoms with Gasteiger partial charge in [0.2, 0.25) is 0 Å². The third kappa shape index (κ3) is 9.78. The zero-order valence-corrected chi connectivity index (χ0v) is 33.7. The van der Waals surface area contributed by atoms with Crippen LogP contribution in [0, 0.1) is 24.2 Å². The number of rotatable bonds is 12. The van der Waals surface area contributed by atoms with Gasteiger partial charge in [-0.15, -0.1) is 6.42 Å². The molecular weight excluding hydrogens is 629 g/mol. The van der Waals surface area contributed by atoms with Gasteiger partial charge in [0.25, 0.3) is 0 Å². The SMILES string of the molecule is C#CC(O)(c1ccc(OC2CCC(CO[Si](C)(C)C(C)(C)C)CC2)cc1)c1ccc(OC2CCC(CO[Si](C)(C)C(C)(C)C)CC2)cc1. The summed E-state index contributed by atoms with van der Waals surface area (Å²) in [5.74, 6) is 5.48. The van der Waals surface area contributed by atoms with E-state index in [0.29, 0.717) is 23.0 Å². The summed E-state index contributed by atoms with van der Waals surface area (Å²) in [4.78, 5) is 0. The van der Waals surface area contributed by atoms with Crippen LogP contribution in [0.3, 0.4) is 0 Å². The van der Waals surface area contributed by atoms with Crippen LogP contribution >= 0.6 is 0 Å². The molecule has 0 unspecified atom stereocenters. The molecule has 0 heterocycles. The average molecular weight is 693 g/mol. The lowest BCUT2D eigenvalue weighted by molar-refractivity contribution is 0.106. The molecule has 0 aromatic heterocycles. The molecule has 2 aromatic rings. The van der Waals surface area contributed by atoms with E-state index in [1.54, 1.807) is 0 Å². The predicted octanol–water partition coefficient (Wildman–Crippen LogP) is 10.5. The molecule has 266 valence electrons. The molecule has 2 fully saturated rings. The van der Waals surface area contributed by atoms with Gasteiger partial charge in [0.15, 0.2) is 22.2 Å². The second kappa shape index (κ2) is 15.4. The summed E-state index contributed by atoms with van der Waals surface area (Å²) in [6, 6.07) is 15.2. The Morgan fingerprint density at radius 3 is 1.19 bits per heavy atom. The molecule has 0 amide bonds. The normalized spacial score (nSPS) is 24.0. The molecule has 2 saturated carbocycles. The van der Waals surface area contributed by atoms with Crippen molar-refractivity contribution in [2.24, 2.45) is 11.8 Å². The summed E-state index contributed by atoms with van der Waals surface area (Å²) in [6.07, 6.45) is 15.0. The third-order valence-electron chi connectivity index (χ3n) is 11.9. The fourth-order valence-electron chi connectivity index (χ4n) is 6.19. The van der Waals surface area contributed by atoms with Gasteiger partial charge in [-0.25, -0.2) is 0 Å². The Kier molecular flexibility index (Phi) is 12.4. The second-order valence-electron chi connectivity index (χ2n) is 17.6. The van der Waals surface area contributed by atoms with Crippen molar-refractivity contribution in [3.05, 3.63) is 59.7 Å². The number of hydrogen-bond donors (Lipinski definition) is 1. The molecule has 1 N–H and O–H groups in total. The molecule has 2 aliphatic rings. The van der Waals surface area contributed by atoms with Gasteiger partial charge in [0, 0.05) is 24.3 Å². The lowest BCUT2D eigenvalue weighted by atomic mass is 9.86. The van der Waals surface area contributed by atoms with Crippen molar-refractivity contribution >= 4 is 16.6 Å². The minimum absolute atomic E-state index is 0.199. The summed E-state index contributed by atoms with van der Waals surface area (Å²) < 4.78 is 25.7. The molecule has 0 radical (unpaired) electrons. The lowest BCUT2D eigenvalue weighted by Crippen LogP contribution is -2.42. The Labute approximate surface area is 294 Å². The van der Waals surface area contributed by atoms with Crippen LogP contribution in [0.15, 0.2) is 48.5 Å².